The number of nitrogens with one attached hydrogen (secondary N) is 1. The van der Waals surface area contributed by atoms with Crippen LogP contribution in [0.1, 0.15) is 0 Å². The molecule has 3 atom stereocenters. The van der Waals surface area contributed by atoms with Gasteiger partial charge >= 0.3 is 0 Å². The summed E-state index contributed by atoms with van der Waals surface area (Å²) in [6.07, 6.45) is 0.0138. The van der Waals surface area contributed by atoms with E-state index in [-0.39, 0.29) is 18.2 Å². The zero-order chi connectivity index (χ0) is 9.47. The van der Waals surface area contributed by atoms with Crippen LogP contribution >= 0.6 is 0 Å². The number of fused-ring (bicyclic) bond motifs is 1. The molecule has 3 N–H and O–H groups in total. The van der Waals surface area contributed by atoms with E-state index in [1.54, 1.807) is 14.2 Å². The van der Waals surface area contributed by atoms with Crippen molar-refractivity contribution in [2.75, 3.05) is 27.4 Å². The van der Waals surface area contributed by atoms with Crippen molar-refractivity contribution in [3.8, 4) is 0 Å². The van der Waals surface area contributed by atoms with Crippen molar-refractivity contribution >= 4 is 0 Å². The molecule has 0 aromatic rings. The molecule has 5 heteroatoms. The monoisotopic (exact) mass is 188 g/mol. The van der Waals surface area contributed by atoms with Gasteiger partial charge in [0.15, 0.2) is 0 Å². The van der Waals surface area contributed by atoms with Gasteiger partial charge in [-0.25, -0.2) is 0 Å². The largest absolute Gasteiger partial charge is 0.369 e. The number of hydrogen-bond acceptors (Lipinski definition) is 5. The standard InChI is InChI=1S/C8H16N2O3/c1-11-8(12-2)4-13-6-5(9)3-10-7(6)8/h5-7,10H,3-4,9H2,1-2H3/t5-,6-,7+/m1/s1. The first kappa shape index (κ1) is 9.36. The van der Waals surface area contributed by atoms with Gasteiger partial charge in [-0.1, -0.05) is 0 Å². The van der Waals surface area contributed by atoms with Gasteiger partial charge in [0.2, 0.25) is 5.79 Å². The molecular weight excluding hydrogens is 172 g/mol. The summed E-state index contributed by atoms with van der Waals surface area (Å²) in [5.74, 6) is -0.654. The molecule has 0 spiro atoms. The summed E-state index contributed by atoms with van der Waals surface area (Å²) in [7, 11) is 3.25. The fourth-order valence-electron chi connectivity index (χ4n) is 2.13. The smallest absolute Gasteiger partial charge is 0.209 e. The minimum atomic E-state index is -0.654. The number of methoxy groups -OCH3 is 2. The van der Waals surface area contributed by atoms with Crippen LogP contribution in [-0.4, -0.2) is 51.3 Å². The molecule has 2 fully saturated rings. The summed E-state index contributed by atoms with van der Waals surface area (Å²) in [5, 5.41) is 3.26. The maximum Gasteiger partial charge on any atom is 0.209 e. The topological polar surface area (TPSA) is 65.7 Å². The normalized spacial score (nSPS) is 42.2. The molecule has 5 nitrogen and oxygen atoms in total. The average Bonchev–Trinajstić information content (AvgIpc) is 2.68. The van der Waals surface area contributed by atoms with Crippen LogP contribution in [0.25, 0.3) is 0 Å². The molecule has 2 heterocycles. The van der Waals surface area contributed by atoms with Gasteiger partial charge in [-0.15, -0.1) is 0 Å². The summed E-state index contributed by atoms with van der Waals surface area (Å²) in [6, 6.07) is 0.0923. The lowest BCUT2D eigenvalue weighted by Crippen LogP contribution is -2.51. The van der Waals surface area contributed by atoms with E-state index in [1.807, 2.05) is 0 Å². The van der Waals surface area contributed by atoms with E-state index in [9.17, 15) is 0 Å². The summed E-state index contributed by atoms with van der Waals surface area (Å²) in [5.41, 5.74) is 5.85. The molecule has 13 heavy (non-hydrogen) atoms. The Balaban J connectivity index is 2.17. The average molecular weight is 188 g/mol. The molecular formula is C8H16N2O3. The second-order valence-electron chi connectivity index (χ2n) is 3.55. The van der Waals surface area contributed by atoms with Crippen molar-refractivity contribution in [1.29, 1.82) is 0 Å². The van der Waals surface area contributed by atoms with Crippen LogP contribution in [0.4, 0.5) is 0 Å². The number of hydrogen-bond donors (Lipinski definition) is 2. The van der Waals surface area contributed by atoms with Gasteiger partial charge in [-0.3, -0.25) is 0 Å². The number of ether oxygens (including phenoxy) is 3. The van der Waals surface area contributed by atoms with E-state index in [4.69, 9.17) is 19.9 Å². The summed E-state index contributed by atoms with van der Waals surface area (Å²) in [4.78, 5) is 0. The summed E-state index contributed by atoms with van der Waals surface area (Å²) in [6.45, 7) is 1.19. The third-order valence-corrected chi connectivity index (χ3v) is 2.97. The fraction of sp³-hybridized carbons (Fsp3) is 1.00. The predicted molar refractivity (Wildman–Crippen MR) is 46.3 cm³/mol. The van der Waals surface area contributed by atoms with Gasteiger partial charge in [-0.05, 0) is 0 Å². The lowest BCUT2D eigenvalue weighted by atomic mass is 10.1. The number of rotatable bonds is 2. The zero-order valence-corrected chi connectivity index (χ0v) is 7.95. The first-order valence-corrected chi connectivity index (χ1v) is 4.44. The van der Waals surface area contributed by atoms with Gasteiger partial charge in [0, 0.05) is 26.8 Å². The van der Waals surface area contributed by atoms with Crippen LogP contribution in [0.2, 0.25) is 0 Å². The fourth-order valence-corrected chi connectivity index (χ4v) is 2.13. The molecule has 0 saturated carbocycles. The molecule has 0 aromatic carbocycles. The van der Waals surface area contributed by atoms with E-state index in [0.717, 1.165) is 6.54 Å². The first-order chi connectivity index (χ1) is 6.23. The maximum atomic E-state index is 5.85. The lowest BCUT2D eigenvalue weighted by molar-refractivity contribution is -0.213. The Morgan fingerprint density at radius 1 is 1.46 bits per heavy atom. The van der Waals surface area contributed by atoms with E-state index in [1.165, 1.54) is 0 Å². The molecule has 0 amide bonds. The van der Waals surface area contributed by atoms with Crippen molar-refractivity contribution in [3.63, 3.8) is 0 Å². The Bertz CT molecular complexity index is 196. The molecule has 0 radical (unpaired) electrons. The Labute approximate surface area is 77.5 Å². The highest BCUT2D eigenvalue weighted by atomic mass is 16.7. The second-order valence-corrected chi connectivity index (χ2v) is 3.55. The third kappa shape index (κ3) is 1.19. The van der Waals surface area contributed by atoms with Crippen LogP contribution in [0.15, 0.2) is 0 Å². The molecule has 2 saturated heterocycles. The highest BCUT2D eigenvalue weighted by Crippen LogP contribution is 2.32. The molecule has 0 aliphatic carbocycles. The molecule has 2 rings (SSSR count). The minimum Gasteiger partial charge on any atom is -0.369 e. The quantitative estimate of drug-likeness (QED) is 0.526. The maximum absolute atomic E-state index is 5.85. The van der Waals surface area contributed by atoms with Crippen molar-refractivity contribution in [1.82, 2.24) is 5.32 Å². The van der Waals surface area contributed by atoms with E-state index < -0.39 is 5.79 Å². The van der Waals surface area contributed by atoms with E-state index >= 15 is 0 Å². The molecule has 2 aliphatic heterocycles. The number of nitrogens with two attached hydrogens (primary N) is 1. The third-order valence-electron chi connectivity index (χ3n) is 2.97. The van der Waals surface area contributed by atoms with Crippen LogP contribution in [-0.2, 0) is 14.2 Å². The predicted octanol–water partition coefficient (Wildman–Crippen LogP) is -1.33. The molecule has 2 aliphatic rings. The molecule has 0 aromatic heterocycles. The Morgan fingerprint density at radius 2 is 2.15 bits per heavy atom. The highest BCUT2D eigenvalue weighted by molar-refractivity contribution is 5.06. The van der Waals surface area contributed by atoms with Gasteiger partial charge < -0.3 is 25.3 Å². The Hall–Kier alpha value is -0.200. The second kappa shape index (κ2) is 3.18. The molecule has 0 unspecified atom stereocenters. The van der Waals surface area contributed by atoms with Crippen molar-refractivity contribution in [2.45, 2.75) is 24.0 Å². The van der Waals surface area contributed by atoms with Crippen molar-refractivity contribution in [2.24, 2.45) is 5.73 Å². The summed E-state index contributed by atoms with van der Waals surface area (Å²) >= 11 is 0. The van der Waals surface area contributed by atoms with Gasteiger partial charge in [0.1, 0.15) is 6.61 Å². The zero-order valence-electron chi connectivity index (χ0n) is 7.95. The first-order valence-electron chi connectivity index (χ1n) is 4.44. The summed E-state index contributed by atoms with van der Waals surface area (Å²) < 4.78 is 16.2. The van der Waals surface area contributed by atoms with Crippen LogP contribution in [0.5, 0.6) is 0 Å². The van der Waals surface area contributed by atoms with Gasteiger partial charge in [-0.2, -0.15) is 0 Å². The SMILES string of the molecule is COC1(OC)CO[C@@H]2[C@H](N)CN[C@@H]21. The van der Waals surface area contributed by atoms with Gasteiger partial charge in [0.25, 0.3) is 0 Å². The molecule has 76 valence electrons. The van der Waals surface area contributed by atoms with Crippen molar-refractivity contribution in [3.05, 3.63) is 0 Å². The molecule has 0 bridgehead atoms. The van der Waals surface area contributed by atoms with Crippen LogP contribution < -0.4 is 11.1 Å². The van der Waals surface area contributed by atoms with E-state index in [2.05, 4.69) is 5.32 Å². The highest BCUT2D eigenvalue weighted by Gasteiger charge is 2.55. The Kier molecular flexibility index (Phi) is 2.29. The van der Waals surface area contributed by atoms with Crippen molar-refractivity contribution < 1.29 is 14.2 Å². The van der Waals surface area contributed by atoms with Crippen LogP contribution in [0.3, 0.4) is 0 Å². The minimum absolute atomic E-state index is 0.0138. The lowest BCUT2D eigenvalue weighted by Gasteiger charge is -2.29. The van der Waals surface area contributed by atoms with E-state index in [0.29, 0.717) is 6.61 Å². The Morgan fingerprint density at radius 3 is 2.77 bits per heavy atom. The van der Waals surface area contributed by atoms with Gasteiger partial charge in [0.05, 0.1) is 12.1 Å². The van der Waals surface area contributed by atoms with Crippen LogP contribution in [0, 0.1) is 0 Å².